The molecule has 0 spiro atoms. The molecule has 7 nitrogen and oxygen atoms in total. The molecule has 27 heavy (non-hydrogen) atoms. The maximum absolute atomic E-state index is 11.7. The summed E-state index contributed by atoms with van der Waals surface area (Å²) in [6.07, 6.45) is 0. The van der Waals surface area contributed by atoms with Crippen molar-refractivity contribution in [2.24, 2.45) is 0 Å². The van der Waals surface area contributed by atoms with Crippen molar-refractivity contribution in [2.75, 3.05) is 33.9 Å². The minimum Gasteiger partial charge on any atom is -0.482 e. The van der Waals surface area contributed by atoms with Crippen LogP contribution in [0.1, 0.15) is 0 Å². The Kier molecular flexibility index (Phi) is 7.37. The molecular formula is C20H22N2O5. The molecule has 2 amide bonds. The van der Waals surface area contributed by atoms with Crippen LogP contribution in [0.3, 0.4) is 0 Å². The van der Waals surface area contributed by atoms with Crippen molar-refractivity contribution in [1.29, 1.82) is 0 Å². The molecule has 0 bridgehead atoms. The molecule has 0 fully saturated rings. The van der Waals surface area contributed by atoms with Gasteiger partial charge in [0.15, 0.2) is 13.2 Å². The van der Waals surface area contributed by atoms with E-state index in [1.54, 1.807) is 26.2 Å². The number of rotatable bonds is 8. The lowest BCUT2D eigenvalue weighted by atomic mass is 10.1. The van der Waals surface area contributed by atoms with E-state index in [1.165, 1.54) is 4.90 Å². The van der Waals surface area contributed by atoms with Crippen LogP contribution in [0, 0.1) is 0 Å². The zero-order chi connectivity index (χ0) is 19.6. The molecule has 0 heterocycles. The minimum atomic E-state index is -0.670. The van der Waals surface area contributed by atoms with Gasteiger partial charge in [-0.15, -0.1) is 0 Å². The summed E-state index contributed by atoms with van der Waals surface area (Å²) in [5.74, 6) is -0.952. The molecule has 0 aromatic heterocycles. The first-order valence-corrected chi connectivity index (χ1v) is 8.36. The predicted octanol–water partition coefficient (Wildman–Crippen LogP) is 1.48. The summed E-state index contributed by atoms with van der Waals surface area (Å²) in [4.78, 5) is 35.9. The van der Waals surface area contributed by atoms with Gasteiger partial charge in [-0.1, -0.05) is 42.5 Å². The van der Waals surface area contributed by atoms with Gasteiger partial charge in [0.25, 0.3) is 5.91 Å². The van der Waals surface area contributed by atoms with Gasteiger partial charge in [-0.05, 0) is 23.3 Å². The third-order valence-corrected chi connectivity index (χ3v) is 3.62. The highest BCUT2D eigenvalue weighted by molar-refractivity contribution is 5.86. The molecule has 0 atom stereocenters. The van der Waals surface area contributed by atoms with Crippen LogP contribution in [0.25, 0.3) is 11.1 Å². The van der Waals surface area contributed by atoms with Gasteiger partial charge in [-0.25, -0.2) is 4.79 Å². The highest BCUT2D eigenvalue weighted by atomic mass is 16.6. The number of carbonyl (C=O) groups is 3. The van der Waals surface area contributed by atoms with Crippen LogP contribution in [-0.4, -0.2) is 56.5 Å². The van der Waals surface area contributed by atoms with Crippen molar-refractivity contribution in [3.05, 3.63) is 54.6 Å². The molecule has 0 unspecified atom stereocenters. The van der Waals surface area contributed by atoms with Crippen LogP contribution in [0.4, 0.5) is 0 Å². The van der Waals surface area contributed by atoms with Gasteiger partial charge in [0.2, 0.25) is 5.91 Å². The van der Waals surface area contributed by atoms with Gasteiger partial charge in [0, 0.05) is 14.1 Å². The Hall–Kier alpha value is -3.35. The van der Waals surface area contributed by atoms with E-state index in [2.05, 4.69) is 5.32 Å². The minimum absolute atomic E-state index is 0.145. The van der Waals surface area contributed by atoms with E-state index in [1.807, 2.05) is 42.5 Å². The van der Waals surface area contributed by atoms with E-state index in [0.29, 0.717) is 5.75 Å². The third-order valence-electron chi connectivity index (χ3n) is 3.62. The van der Waals surface area contributed by atoms with Crippen molar-refractivity contribution in [1.82, 2.24) is 10.2 Å². The van der Waals surface area contributed by atoms with Crippen molar-refractivity contribution >= 4 is 17.8 Å². The Morgan fingerprint density at radius 2 is 1.52 bits per heavy atom. The Balaban J connectivity index is 1.71. The first-order valence-electron chi connectivity index (χ1n) is 8.36. The number of hydrogen-bond donors (Lipinski definition) is 1. The zero-order valence-corrected chi connectivity index (χ0v) is 15.3. The second-order valence-corrected chi connectivity index (χ2v) is 5.90. The highest BCUT2D eigenvalue weighted by Gasteiger charge is 2.10. The Labute approximate surface area is 157 Å². The second-order valence-electron chi connectivity index (χ2n) is 5.90. The molecule has 0 saturated carbocycles. The van der Waals surface area contributed by atoms with Gasteiger partial charge in [-0.3, -0.25) is 9.59 Å². The van der Waals surface area contributed by atoms with Gasteiger partial charge >= 0.3 is 5.97 Å². The van der Waals surface area contributed by atoms with E-state index in [9.17, 15) is 14.4 Å². The number of likely N-dealkylation sites (N-methyl/N-ethyl adjacent to an activating group) is 1. The lowest BCUT2D eigenvalue weighted by Crippen LogP contribution is -2.38. The largest absolute Gasteiger partial charge is 0.482 e. The van der Waals surface area contributed by atoms with E-state index < -0.39 is 18.5 Å². The average molecular weight is 370 g/mol. The maximum Gasteiger partial charge on any atom is 0.344 e. The van der Waals surface area contributed by atoms with E-state index in [0.717, 1.165) is 11.1 Å². The standard InChI is InChI=1S/C20H22N2O5/c1-22(2)19(24)12-21-18(23)13-27-20(25)14-26-17-10-8-16(9-11-17)15-6-4-3-5-7-15/h3-11H,12-14H2,1-2H3,(H,21,23). The lowest BCUT2D eigenvalue weighted by molar-refractivity contribution is -0.150. The highest BCUT2D eigenvalue weighted by Crippen LogP contribution is 2.21. The predicted molar refractivity (Wildman–Crippen MR) is 100 cm³/mol. The number of amides is 2. The maximum atomic E-state index is 11.7. The fourth-order valence-electron chi connectivity index (χ4n) is 2.09. The molecule has 0 aliphatic carbocycles. The summed E-state index contributed by atoms with van der Waals surface area (Å²) in [5, 5.41) is 2.37. The smallest absolute Gasteiger partial charge is 0.344 e. The van der Waals surface area contributed by atoms with Gasteiger partial charge in [0.05, 0.1) is 6.54 Å². The lowest BCUT2D eigenvalue weighted by Gasteiger charge is -2.11. The van der Waals surface area contributed by atoms with Crippen LogP contribution in [0.2, 0.25) is 0 Å². The van der Waals surface area contributed by atoms with Gasteiger partial charge in [-0.2, -0.15) is 0 Å². The summed E-state index contributed by atoms with van der Waals surface area (Å²) in [6, 6.07) is 17.2. The molecular weight excluding hydrogens is 348 g/mol. The fraction of sp³-hybridized carbons (Fsp3) is 0.250. The number of nitrogens with zero attached hydrogens (tertiary/aromatic N) is 1. The Morgan fingerprint density at radius 1 is 0.889 bits per heavy atom. The van der Waals surface area contributed by atoms with Crippen LogP contribution < -0.4 is 10.1 Å². The SMILES string of the molecule is CN(C)C(=O)CNC(=O)COC(=O)COc1ccc(-c2ccccc2)cc1. The topological polar surface area (TPSA) is 84.9 Å². The van der Waals surface area contributed by atoms with Gasteiger partial charge < -0.3 is 19.7 Å². The molecule has 2 aromatic rings. The zero-order valence-electron chi connectivity index (χ0n) is 15.3. The molecule has 0 aliphatic rings. The molecule has 7 heteroatoms. The molecule has 2 rings (SSSR count). The molecule has 1 N–H and O–H groups in total. The van der Waals surface area contributed by atoms with Crippen LogP contribution in [0.15, 0.2) is 54.6 Å². The van der Waals surface area contributed by atoms with Crippen molar-refractivity contribution in [3.63, 3.8) is 0 Å². The Bertz CT molecular complexity index is 773. The molecule has 0 saturated heterocycles. The van der Waals surface area contributed by atoms with Crippen molar-refractivity contribution in [3.8, 4) is 16.9 Å². The number of hydrogen-bond acceptors (Lipinski definition) is 5. The number of esters is 1. The second kappa shape index (κ2) is 9.96. The number of nitrogens with one attached hydrogen (secondary N) is 1. The average Bonchev–Trinajstić information content (AvgIpc) is 2.69. The van der Waals surface area contributed by atoms with Gasteiger partial charge in [0.1, 0.15) is 5.75 Å². The number of ether oxygens (including phenoxy) is 2. The summed E-state index contributed by atoms with van der Waals surface area (Å²) in [7, 11) is 3.16. The van der Waals surface area contributed by atoms with E-state index >= 15 is 0 Å². The van der Waals surface area contributed by atoms with Crippen LogP contribution >= 0.6 is 0 Å². The molecule has 2 aromatic carbocycles. The monoisotopic (exact) mass is 370 g/mol. The molecule has 142 valence electrons. The Morgan fingerprint density at radius 3 is 2.15 bits per heavy atom. The normalized spacial score (nSPS) is 10.0. The number of carbonyl (C=O) groups excluding carboxylic acids is 3. The van der Waals surface area contributed by atoms with E-state index in [4.69, 9.17) is 9.47 Å². The van der Waals surface area contributed by atoms with Crippen molar-refractivity contribution < 1.29 is 23.9 Å². The summed E-state index contributed by atoms with van der Waals surface area (Å²) < 4.78 is 10.2. The quantitative estimate of drug-likeness (QED) is 0.712. The van der Waals surface area contributed by atoms with Crippen molar-refractivity contribution in [2.45, 2.75) is 0 Å². The molecule has 0 aliphatic heterocycles. The fourth-order valence-corrected chi connectivity index (χ4v) is 2.09. The molecule has 0 radical (unpaired) electrons. The summed E-state index contributed by atoms with van der Waals surface area (Å²) in [6.45, 7) is -0.919. The summed E-state index contributed by atoms with van der Waals surface area (Å²) >= 11 is 0. The van der Waals surface area contributed by atoms with Crippen LogP contribution in [-0.2, 0) is 19.1 Å². The van der Waals surface area contributed by atoms with Crippen LogP contribution in [0.5, 0.6) is 5.75 Å². The third kappa shape index (κ3) is 6.81. The number of benzene rings is 2. The summed E-state index contributed by atoms with van der Waals surface area (Å²) in [5.41, 5.74) is 2.12. The first kappa shape index (κ1) is 20.0. The van der Waals surface area contributed by atoms with E-state index in [-0.39, 0.29) is 19.1 Å². The first-order chi connectivity index (χ1) is 13.0.